The second-order valence-electron chi connectivity index (χ2n) is 7.70. The molecule has 0 amide bonds. The minimum Gasteiger partial charge on any atom is -0.495 e. The van der Waals surface area contributed by atoms with E-state index in [0.29, 0.717) is 14.7 Å². The summed E-state index contributed by atoms with van der Waals surface area (Å²) in [6, 6.07) is 0. The summed E-state index contributed by atoms with van der Waals surface area (Å²) in [7, 11) is -0.613. The molecule has 0 saturated carbocycles. The lowest BCUT2D eigenvalue weighted by atomic mass is 9.87. The molecule has 2 aliphatic rings. The van der Waals surface area contributed by atoms with Crippen molar-refractivity contribution in [3.63, 3.8) is 0 Å². The van der Waals surface area contributed by atoms with E-state index in [4.69, 9.17) is 14.0 Å². The van der Waals surface area contributed by atoms with E-state index in [0.717, 1.165) is 0 Å². The molecule has 0 fully saturated rings. The lowest BCUT2D eigenvalue weighted by molar-refractivity contribution is -0.129. The van der Waals surface area contributed by atoms with Gasteiger partial charge in [0.1, 0.15) is 11.9 Å². The molecule has 25 heavy (non-hydrogen) atoms. The van der Waals surface area contributed by atoms with Crippen molar-refractivity contribution in [2.45, 2.75) is 57.0 Å². The van der Waals surface area contributed by atoms with Gasteiger partial charge >= 0.3 is 5.97 Å². The number of aliphatic carboxylic acids is 1. The SMILES string of the molecule is COC1=C(Br)[C@@H](O[Si](C)(C)C(C)(C)C)[C@]2(C=C1Br)CC(C(=O)O)=NO2. The Morgan fingerprint density at radius 2 is 2.04 bits per heavy atom. The van der Waals surface area contributed by atoms with Crippen LogP contribution in [0.2, 0.25) is 18.1 Å². The summed E-state index contributed by atoms with van der Waals surface area (Å²) >= 11 is 7.06. The van der Waals surface area contributed by atoms with Crippen LogP contribution in [-0.4, -0.2) is 43.9 Å². The Morgan fingerprint density at radius 1 is 1.44 bits per heavy atom. The van der Waals surface area contributed by atoms with Crippen LogP contribution in [0.5, 0.6) is 0 Å². The number of nitrogens with zero attached hydrogens (tertiary/aromatic N) is 1. The fourth-order valence-corrected chi connectivity index (χ4v) is 5.74. The molecule has 2 atom stereocenters. The Hall–Kier alpha value is -0.643. The number of hydrogen-bond donors (Lipinski definition) is 1. The van der Waals surface area contributed by atoms with Crippen LogP contribution >= 0.6 is 31.9 Å². The van der Waals surface area contributed by atoms with Crippen LogP contribution < -0.4 is 0 Å². The van der Waals surface area contributed by atoms with Gasteiger partial charge in [-0.1, -0.05) is 25.9 Å². The van der Waals surface area contributed by atoms with E-state index in [1.54, 1.807) is 13.2 Å². The Morgan fingerprint density at radius 3 is 2.48 bits per heavy atom. The zero-order valence-corrected chi connectivity index (χ0v) is 19.3. The minimum atomic E-state index is -2.18. The number of allylic oxidation sites excluding steroid dienone is 1. The number of carboxylic acids is 1. The summed E-state index contributed by atoms with van der Waals surface area (Å²) < 4.78 is 13.4. The zero-order valence-electron chi connectivity index (χ0n) is 15.1. The fourth-order valence-electron chi connectivity index (χ4n) is 2.42. The summed E-state index contributed by atoms with van der Waals surface area (Å²) in [6.45, 7) is 10.7. The standard InChI is InChI=1S/C16H23Br2NO5Si/c1-15(2,3)25(5,6)23-13-11(18)12(22-4)9(17)7-16(13)8-10(14(20)21)19-24-16/h7,13H,8H2,1-6H3,(H,20,21)/t13-,16+/m1/s1. The number of hydrogen-bond acceptors (Lipinski definition) is 5. The fraction of sp³-hybridized carbons (Fsp3) is 0.625. The highest BCUT2D eigenvalue weighted by Gasteiger charge is 2.55. The van der Waals surface area contributed by atoms with Gasteiger partial charge in [-0.3, -0.25) is 0 Å². The highest BCUT2D eigenvalue weighted by Crippen LogP contribution is 2.48. The molecule has 0 bridgehead atoms. The maximum atomic E-state index is 11.3. The molecule has 0 radical (unpaired) electrons. The molecule has 0 saturated heterocycles. The monoisotopic (exact) mass is 495 g/mol. The molecule has 1 spiro atoms. The molecule has 2 rings (SSSR count). The van der Waals surface area contributed by atoms with Crippen molar-refractivity contribution in [1.29, 1.82) is 0 Å². The quantitative estimate of drug-likeness (QED) is 0.579. The third kappa shape index (κ3) is 3.74. The van der Waals surface area contributed by atoms with Gasteiger partial charge in [-0.2, -0.15) is 0 Å². The molecule has 1 aliphatic heterocycles. The van der Waals surface area contributed by atoms with E-state index >= 15 is 0 Å². The number of ether oxygens (including phenoxy) is 1. The van der Waals surface area contributed by atoms with Crippen molar-refractivity contribution in [1.82, 2.24) is 0 Å². The maximum absolute atomic E-state index is 11.3. The summed E-state index contributed by atoms with van der Waals surface area (Å²) in [5, 5.41) is 13.0. The number of oxime groups is 1. The Balaban J connectivity index is 2.48. The molecule has 1 aliphatic carbocycles. The highest BCUT2D eigenvalue weighted by molar-refractivity contribution is 9.12. The first-order valence-electron chi connectivity index (χ1n) is 7.83. The minimum absolute atomic E-state index is 0.0256. The van der Waals surface area contributed by atoms with Crippen LogP contribution in [0, 0.1) is 0 Å². The second kappa shape index (κ2) is 6.83. The van der Waals surface area contributed by atoms with Crippen LogP contribution in [0.3, 0.4) is 0 Å². The number of methoxy groups -OCH3 is 1. The molecule has 0 aromatic heterocycles. The molecule has 0 aromatic rings. The third-order valence-electron chi connectivity index (χ3n) is 4.92. The van der Waals surface area contributed by atoms with Crippen LogP contribution in [0.1, 0.15) is 27.2 Å². The average Bonchev–Trinajstić information content (AvgIpc) is 2.88. The summed E-state index contributed by atoms with van der Waals surface area (Å²) in [6.07, 6.45) is 1.35. The van der Waals surface area contributed by atoms with Crippen molar-refractivity contribution in [3.8, 4) is 0 Å². The van der Waals surface area contributed by atoms with Crippen molar-refractivity contribution in [3.05, 3.63) is 20.8 Å². The van der Waals surface area contributed by atoms with E-state index in [-0.39, 0.29) is 17.2 Å². The van der Waals surface area contributed by atoms with Gasteiger partial charge in [0.05, 0.1) is 16.1 Å². The third-order valence-corrected chi connectivity index (χ3v) is 10.7. The van der Waals surface area contributed by atoms with E-state index in [1.165, 1.54) is 0 Å². The molecule has 0 unspecified atom stereocenters. The average molecular weight is 497 g/mol. The van der Waals surface area contributed by atoms with Gasteiger partial charge in [0.2, 0.25) is 0 Å². The maximum Gasteiger partial charge on any atom is 0.353 e. The smallest absolute Gasteiger partial charge is 0.353 e. The van der Waals surface area contributed by atoms with Crippen molar-refractivity contribution < 1.29 is 23.9 Å². The van der Waals surface area contributed by atoms with Gasteiger partial charge in [-0.05, 0) is 56.1 Å². The Bertz CT molecular complexity index is 681. The van der Waals surface area contributed by atoms with Gasteiger partial charge in [-0.15, -0.1) is 0 Å². The predicted octanol–water partition coefficient (Wildman–Crippen LogP) is 4.52. The van der Waals surface area contributed by atoms with Gasteiger partial charge in [-0.25, -0.2) is 4.79 Å². The second-order valence-corrected chi connectivity index (χ2v) is 14.2. The molecular weight excluding hydrogens is 474 g/mol. The lowest BCUT2D eigenvalue weighted by Crippen LogP contribution is -2.53. The first kappa shape index (κ1) is 20.7. The Kier molecular flexibility index (Phi) is 5.64. The number of carboxylic acid groups (broad SMARTS) is 1. The van der Waals surface area contributed by atoms with E-state index in [2.05, 4.69) is 70.9 Å². The van der Waals surface area contributed by atoms with Crippen molar-refractivity contribution >= 4 is 51.9 Å². The highest BCUT2D eigenvalue weighted by atomic mass is 79.9. The van der Waals surface area contributed by atoms with Crippen molar-refractivity contribution in [2.24, 2.45) is 5.16 Å². The topological polar surface area (TPSA) is 77.4 Å². The summed E-state index contributed by atoms with van der Waals surface area (Å²) in [5.41, 5.74) is -1.05. The first-order valence-corrected chi connectivity index (χ1v) is 12.3. The number of halogens is 2. The van der Waals surface area contributed by atoms with E-state index < -0.39 is 26.0 Å². The van der Waals surface area contributed by atoms with Crippen LogP contribution in [0.15, 0.2) is 26.0 Å². The molecule has 140 valence electrons. The number of carbonyl (C=O) groups is 1. The van der Waals surface area contributed by atoms with Gasteiger partial charge < -0.3 is 19.1 Å². The molecule has 0 aromatic carbocycles. The molecule has 1 N–H and O–H groups in total. The molecule has 6 nitrogen and oxygen atoms in total. The van der Waals surface area contributed by atoms with Crippen LogP contribution in [0.4, 0.5) is 0 Å². The molecule has 1 heterocycles. The summed E-state index contributed by atoms with van der Waals surface area (Å²) in [4.78, 5) is 17.0. The number of rotatable bonds is 4. The van der Waals surface area contributed by atoms with E-state index in [9.17, 15) is 9.90 Å². The largest absolute Gasteiger partial charge is 0.495 e. The van der Waals surface area contributed by atoms with Crippen LogP contribution in [0.25, 0.3) is 0 Å². The van der Waals surface area contributed by atoms with Crippen molar-refractivity contribution in [2.75, 3.05) is 7.11 Å². The van der Waals surface area contributed by atoms with Gasteiger partial charge in [0, 0.05) is 6.42 Å². The molecule has 9 heteroatoms. The van der Waals surface area contributed by atoms with Gasteiger partial charge in [0.15, 0.2) is 19.6 Å². The van der Waals surface area contributed by atoms with E-state index in [1.807, 2.05) is 0 Å². The first-order chi connectivity index (χ1) is 11.3. The normalized spacial score (nSPS) is 27.1. The zero-order chi connectivity index (χ0) is 19.2. The Labute approximate surface area is 165 Å². The molecular formula is C16H23Br2NO5Si. The lowest BCUT2D eigenvalue weighted by Gasteiger charge is -2.44. The summed E-state index contributed by atoms with van der Waals surface area (Å²) in [5.74, 6) is -0.494. The van der Waals surface area contributed by atoms with Crippen LogP contribution in [-0.2, 0) is 18.8 Å². The van der Waals surface area contributed by atoms with Gasteiger partial charge in [0.25, 0.3) is 0 Å². The predicted molar refractivity (Wildman–Crippen MR) is 106 cm³/mol.